The predicted molar refractivity (Wildman–Crippen MR) is 100 cm³/mol. The minimum Gasteiger partial charge on any atom is -0.497 e. The van der Waals surface area contributed by atoms with Gasteiger partial charge in [-0.15, -0.1) is 23.5 Å². The Morgan fingerprint density at radius 3 is 2.78 bits per heavy atom. The molecule has 1 aliphatic heterocycles. The maximum absolute atomic E-state index is 5.23. The van der Waals surface area contributed by atoms with Crippen LogP contribution in [-0.4, -0.2) is 31.7 Å². The number of aryl methyl sites for hydroxylation is 1. The van der Waals surface area contributed by atoms with Crippen LogP contribution < -0.4 is 4.74 Å². The smallest absolute Gasteiger partial charge is 0.118 e. The molecule has 1 aliphatic rings. The molecule has 124 valence electrons. The van der Waals surface area contributed by atoms with Gasteiger partial charge in [-0.25, -0.2) is 4.98 Å². The monoisotopic (exact) mass is 348 g/mol. The molecular formula is C18H24N2OS2. The Kier molecular flexibility index (Phi) is 5.59. The minimum atomic E-state index is 0.298. The maximum atomic E-state index is 5.23. The van der Waals surface area contributed by atoms with E-state index in [9.17, 15) is 0 Å². The van der Waals surface area contributed by atoms with Crippen LogP contribution in [-0.2, 0) is 13.0 Å². The minimum absolute atomic E-state index is 0.298. The first-order valence-electron chi connectivity index (χ1n) is 8.09. The highest BCUT2D eigenvalue weighted by molar-refractivity contribution is 8.21. The van der Waals surface area contributed by atoms with E-state index in [2.05, 4.69) is 70.5 Å². The van der Waals surface area contributed by atoms with Gasteiger partial charge in [0.05, 0.1) is 17.5 Å². The van der Waals surface area contributed by atoms with E-state index >= 15 is 0 Å². The molecule has 23 heavy (non-hydrogen) atoms. The summed E-state index contributed by atoms with van der Waals surface area (Å²) in [4.78, 5) is 4.19. The summed E-state index contributed by atoms with van der Waals surface area (Å²) in [5.74, 6) is 2.18. The van der Waals surface area contributed by atoms with Gasteiger partial charge >= 0.3 is 0 Å². The lowest BCUT2D eigenvalue weighted by Crippen LogP contribution is -2.24. The first kappa shape index (κ1) is 16.8. The molecule has 0 bridgehead atoms. The van der Waals surface area contributed by atoms with Crippen LogP contribution in [0.25, 0.3) is 0 Å². The van der Waals surface area contributed by atoms with Crippen molar-refractivity contribution in [1.82, 2.24) is 9.55 Å². The van der Waals surface area contributed by atoms with Crippen LogP contribution in [0, 0.1) is 0 Å². The second-order valence-electron chi connectivity index (χ2n) is 6.09. The van der Waals surface area contributed by atoms with E-state index in [1.807, 2.05) is 12.5 Å². The molecule has 2 aromatic rings. The van der Waals surface area contributed by atoms with Crippen molar-refractivity contribution in [2.45, 2.75) is 42.1 Å². The summed E-state index contributed by atoms with van der Waals surface area (Å²) in [5.41, 5.74) is 1.39. The van der Waals surface area contributed by atoms with E-state index < -0.39 is 0 Å². The molecule has 2 atom stereocenters. The third-order valence-corrected chi connectivity index (χ3v) is 7.87. The van der Waals surface area contributed by atoms with Gasteiger partial charge in [0.25, 0.3) is 0 Å². The number of hydrogen-bond donors (Lipinski definition) is 0. The number of nitrogens with zero attached hydrogens (tertiary/aromatic N) is 2. The summed E-state index contributed by atoms with van der Waals surface area (Å²) < 4.78 is 7.75. The summed E-state index contributed by atoms with van der Waals surface area (Å²) >= 11 is 4.28. The normalized spacial score (nSPS) is 24.0. The number of ether oxygens (including phenoxy) is 1. The van der Waals surface area contributed by atoms with Gasteiger partial charge in [0, 0.05) is 29.9 Å². The molecule has 5 heteroatoms. The summed E-state index contributed by atoms with van der Waals surface area (Å²) in [6, 6.07) is 8.47. The molecule has 2 unspecified atom stereocenters. The Bertz CT molecular complexity index is 600. The van der Waals surface area contributed by atoms with E-state index in [0.717, 1.165) is 24.0 Å². The quantitative estimate of drug-likeness (QED) is 0.737. The first-order valence-corrected chi connectivity index (χ1v) is 9.96. The van der Waals surface area contributed by atoms with Gasteiger partial charge in [-0.2, -0.15) is 0 Å². The van der Waals surface area contributed by atoms with Gasteiger partial charge in [0.15, 0.2) is 0 Å². The SMILES string of the molecule is COc1ccc(CCCC2(Cn3ccnc3)SCC(C)S2)cc1. The van der Waals surface area contributed by atoms with Gasteiger partial charge in [-0.05, 0) is 37.0 Å². The number of aromatic nitrogens is 2. The summed E-state index contributed by atoms with van der Waals surface area (Å²) in [6.45, 7) is 3.39. The number of methoxy groups -OCH3 is 1. The van der Waals surface area contributed by atoms with Crippen molar-refractivity contribution in [2.24, 2.45) is 0 Å². The zero-order chi connectivity index (χ0) is 16.1. The van der Waals surface area contributed by atoms with Crippen LogP contribution >= 0.6 is 23.5 Å². The fourth-order valence-electron chi connectivity index (χ4n) is 3.01. The lowest BCUT2D eigenvalue weighted by Gasteiger charge is -2.28. The maximum Gasteiger partial charge on any atom is 0.118 e. The molecule has 0 aliphatic carbocycles. The van der Waals surface area contributed by atoms with Crippen molar-refractivity contribution in [3.05, 3.63) is 48.5 Å². The highest BCUT2D eigenvalue weighted by Crippen LogP contribution is 2.51. The van der Waals surface area contributed by atoms with Gasteiger partial charge < -0.3 is 9.30 Å². The summed E-state index contributed by atoms with van der Waals surface area (Å²) in [6.07, 6.45) is 9.47. The van der Waals surface area contributed by atoms with Crippen molar-refractivity contribution in [3.63, 3.8) is 0 Å². The van der Waals surface area contributed by atoms with Crippen LogP contribution in [0.15, 0.2) is 43.0 Å². The Morgan fingerprint density at radius 1 is 1.35 bits per heavy atom. The highest BCUT2D eigenvalue weighted by atomic mass is 32.2. The molecule has 1 saturated heterocycles. The van der Waals surface area contributed by atoms with Crippen molar-refractivity contribution < 1.29 is 4.74 Å². The fraction of sp³-hybridized carbons (Fsp3) is 0.500. The molecule has 0 amide bonds. The average Bonchev–Trinajstić information content (AvgIpc) is 3.19. The number of benzene rings is 1. The number of thioether (sulfide) groups is 2. The Labute approximate surface area is 147 Å². The fourth-order valence-corrected chi connectivity index (χ4v) is 6.74. The molecule has 2 heterocycles. The average molecular weight is 349 g/mol. The molecule has 0 spiro atoms. The van der Waals surface area contributed by atoms with Crippen LogP contribution in [0.1, 0.15) is 25.3 Å². The van der Waals surface area contributed by atoms with Crippen LogP contribution in [0.5, 0.6) is 5.75 Å². The molecule has 0 N–H and O–H groups in total. The lowest BCUT2D eigenvalue weighted by molar-refractivity contribution is 0.414. The Hall–Kier alpha value is -1.07. The third kappa shape index (κ3) is 4.48. The van der Waals surface area contributed by atoms with Crippen molar-refractivity contribution in [2.75, 3.05) is 12.9 Å². The van der Waals surface area contributed by atoms with E-state index in [1.165, 1.54) is 24.2 Å². The first-order chi connectivity index (χ1) is 11.2. The Balaban J connectivity index is 1.58. The number of hydrogen-bond acceptors (Lipinski definition) is 4. The number of imidazole rings is 1. The van der Waals surface area contributed by atoms with Gasteiger partial charge in [-0.3, -0.25) is 0 Å². The van der Waals surface area contributed by atoms with E-state index in [4.69, 9.17) is 4.74 Å². The molecule has 1 fully saturated rings. The number of rotatable bonds is 7. The molecule has 0 saturated carbocycles. The van der Waals surface area contributed by atoms with Gasteiger partial charge in [-0.1, -0.05) is 19.1 Å². The van der Waals surface area contributed by atoms with Gasteiger partial charge in [0.2, 0.25) is 0 Å². The third-order valence-electron chi connectivity index (χ3n) is 4.16. The topological polar surface area (TPSA) is 27.1 Å². The zero-order valence-corrected chi connectivity index (χ0v) is 15.4. The molecule has 1 aromatic carbocycles. The zero-order valence-electron chi connectivity index (χ0n) is 13.8. The molecule has 1 aromatic heterocycles. The highest BCUT2D eigenvalue weighted by Gasteiger charge is 2.38. The summed E-state index contributed by atoms with van der Waals surface area (Å²) in [7, 11) is 1.71. The molecular weight excluding hydrogens is 324 g/mol. The van der Waals surface area contributed by atoms with Gasteiger partial charge in [0.1, 0.15) is 5.75 Å². The van der Waals surface area contributed by atoms with Crippen molar-refractivity contribution >= 4 is 23.5 Å². The van der Waals surface area contributed by atoms with Crippen LogP contribution in [0.2, 0.25) is 0 Å². The van der Waals surface area contributed by atoms with Crippen LogP contribution in [0.4, 0.5) is 0 Å². The second-order valence-corrected chi connectivity index (χ2v) is 9.57. The van der Waals surface area contributed by atoms with E-state index in [0.29, 0.717) is 4.08 Å². The Morgan fingerprint density at radius 2 is 2.17 bits per heavy atom. The second kappa shape index (κ2) is 7.67. The van der Waals surface area contributed by atoms with Crippen LogP contribution in [0.3, 0.4) is 0 Å². The molecule has 0 radical (unpaired) electrons. The predicted octanol–water partition coefficient (Wildman–Crippen LogP) is 4.48. The van der Waals surface area contributed by atoms with E-state index in [-0.39, 0.29) is 0 Å². The van der Waals surface area contributed by atoms with Crippen molar-refractivity contribution in [3.8, 4) is 5.75 Å². The standard InChI is InChI=1S/C18H24N2OS2/c1-15-12-22-18(23-15,13-20-11-10-19-14-20)9-3-4-16-5-7-17(21-2)8-6-16/h5-8,10-11,14-15H,3-4,9,12-13H2,1-2H3. The molecule has 3 nitrogen and oxygen atoms in total. The lowest BCUT2D eigenvalue weighted by atomic mass is 10.1. The summed E-state index contributed by atoms with van der Waals surface area (Å²) in [5, 5.41) is 0.740. The van der Waals surface area contributed by atoms with E-state index in [1.54, 1.807) is 7.11 Å². The van der Waals surface area contributed by atoms with Crippen molar-refractivity contribution in [1.29, 1.82) is 0 Å². The largest absolute Gasteiger partial charge is 0.497 e. The molecule has 3 rings (SSSR count).